The topological polar surface area (TPSA) is 79.3 Å². The number of hydrogen-bond acceptors (Lipinski definition) is 6. The van der Waals surface area contributed by atoms with E-state index in [2.05, 4.69) is 4.40 Å². The van der Waals surface area contributed by atoms with Crippen molar-refractivity contribution >= 4 is 38.8 Å². The second-order valence-electron chi connectivity index (χ2n) is 8.35. The van der Waals surface area contributed by atoms with E-state index in [9.17, 15) is 13.2 Å². The molecule has 0 spiro atoms. The number of fused-ring (bicyclic) bond motifs is 1. The third-order valence-electron chi connectivity index (χ3n) is 6.30. The summed E-state index contributed by atoms with van der Waals surface area (Å²) in [6.45, 7) is 1.67. The Morgan fingerprint density at radius 1 is 1.09 bits per heavy atom. The summed E-state index contributed by atoms with van der Waals surface area (Å²) in [6.07, 6.45) is 1.27. The first-order valence-corrected chi connectivity index (χ1v) is 13.5. The highest BCUT2D eigenvalue weighted by Crippen LogP contribution is 2.31. The van der Waals surface area contributed by atoms with Crippen molar-refractivity contribution in [2.75, 3.05) is 25.1 Å². The quantitative estimate of drug-likeness (QED) is 0.531. The Labute approximate surface area is 203 Å². The van der Waals surface area contributed by atoms with Gasteiger partial charge >= 0.3 is 0 Å². The first-order valence-electron chi connectivity index (χ1n) is 11.1. The van der Waals surface area contributed by atoms with Gasteiger partial charge in [0.2, 0.25) is 5.91 Å². The summed E-state index contributed by atoms with van der Waals surface area (Å²) in [7, 11) is -2.04. The maximum absolute atomic E-state index is 13.7. The Morgan fingerprint density at radius 2 is 1.82 bits per heavy atom. The minimum absolute atomic E-state index is 0.0830. The standard InChI is InChI=1S/C25H25N3O4S2/c1-32-20-10-8-19(9-11-20)28(17-21-5-4-16-33-21)25(29)18-12-14-27(15-13-18)24-22-6-2-3-7-23(22)34(30,31)26-24/h2-11,16,18H,12-15,17H2,1H3. The lowest BCUT2D eigenvalue weighted by Gasteiger charge is -2.35. The minimum atomic E-state index is -3.66. The van der Waals surface area contributed by atoms with E-state index in [0.29, 0.717) is 43.9 Å². The molecule has 3 aromatic rings. The summed E-state index contributed by atoms with van der Waals surface area (Å²) in [5.74, 6) is 1.17. The maximum Gasteiger partial charge on any atom is 0.285 e. The van der Waals surface area contributed by atoms with Crippen LogP contribution in [-0.2, 0) is 21.4 Å². The molecule has 0 saturated carbocycles. The molecule has 0 aliphatic carbocycles. The monoisotopic (exact) mass is 495 g/mol. The molecule has 2 aliphatic rings. The molecule has 0 bridgehead atoms. The van der Waals surface area contributed by atoms with Crippen LogP contribution in [0.2, 0.25) is 0 Å². The van der Waals surface area contributed by atoms with Gasteiger partial charge in [-0.3, -0.25) is 4.79 Å². The number of carbonyl (C=O) groups excluding carboxylic acids is 1. The molecular formula is C25H25N3O4S2. The fraction of sp³-hybridized carbons (Fsp3) is 0.280. The van der Waals surface area contributed by atoms with Crippen LogP contribution in [0.1, 0.15) is 23.3 Å². The number of amidine groups is 1. The Morgan fingerprint density at radius 3 is 2.50 bits per heavy atom. The molecule has 1 aromatic heterocycles. The molecule has 1 fully saturated rings. The van der Waals surface area contributed by atoms with Crippen molar-refractivity contribution in [1.29, 1.82) is 0 Å². The average molecular weight is 496 g/mol. The maximum atomic E-state index is 13.7. The summed E-state index contributed by atoms with van der Waals surface area (Å²) in [5, 5.41) is 2.01. The van der Waals surface area contributed by atoms with Crippen LogP contribution >= 0.6 is 11.3 Å². The number of hydrogen-bond donors (Lipinski definition) is 0. The van der Waals surface area contributed by atoms with E-state index in [1.165, 1.54) is 0 Å². The van der Waals surface area contributed by atoms with E-state index in [1.54, 1.807) is 36.6 Å². The van der Waals surface area contributed by atoms with Crippen molar-refractivity contribution in [2.45, 2.75) is 24.3 Å². The SMILES string of the molecule is COc1ccc(N(Cc2cccs2)C(=O)C2CCN(C3=NS(=O)(=O)c4ccccc43)CC2)cc1. The van der Waals surface area contributed by atoms with Crippen molar-refractivity contribution in [3.8, 4) is 5.75 Å². The lowest BCUT2D eigenvalue weighted by molar-refractivity contribution is -0.123. The highest BCUT2D eigenvalue weighted by Gasteiger charge is 2.35. The molecule has 5 rings (SSSR count). The number of thiophene rings is 1. The molecule has 1 amide bonds. The van der Waals surface area contributed by atoms with Crippen LogP contribution in [0.5, 0.6) is 5.75 Å². The van der Waals surface area contributed by atoms with E-state index < -0.39 is 10.0 Å². The van der Waals surface area contributed by atoms with Gasteiger partial charge in [0.05, 0.1) is 13.7 Å². The summed E-state index contributed by atoms with van der Waals surface area (Å²) in [6, 6.07) is 18.5. The fourth-order valence-electron chi connectivity index (χ4n) is 4.49. The summed E-state index contributed by atoms with van der Waals surface area (Å²) in [5.41, 5.74) is 1.48. The van der Waals surface area contributed by atoms with E-state index >= 15 is 0 Å². The number of anilines is 1. The zero-order valence-corrected chi connectivity index (χ0v) is 20.4. The average Bonchev–Trinajstić information content (AvgIpc) is 3.48. The van der Waals surface area contributed by atoms with E-state index in [4.69, 9.17) is 4.74 Å². The number of piperidine rings is 1. The van der Waals surface area contributed by atoms with Gasteiger partial charge in [0.1, 0.15) is 10.6 Å². The molecule has 1 saturated heterocycles. The second kappa shape index (κ2) is 9.23. The van der Waals surface area contributed by atoms with Crippen LogP contribution in [0.25, 0.3) is 0 Å². The Hall–Kier alpha value is -3.17. The molecule has 0 unspecified atom stereocenters. The normalized spacial score (nSPS) is 17.2. The molecule has 2 aliphatic heterocycles. The number of nitrogens with zero attached hydrogens (tertiary/aromatic N) is 3. The number of benzene rings is 2. The van der Waals surface area contributed by atoms with E-state index in [1.807, 2.05) is 57.6 Å². The van der Waals surface area contributed by atoms with Crippen molar-refractivity contribution in [3.63, 3.8) is 0 Å². The number of sulfonamides is 1. The van der Waals surface area contributed by atoms with Crippen molar-refractivity contribution in [3.05, 3.63) is 76.5 Å². The van der Waals surface area contributed by atoms with Crippen molar-refractivity contribution in [1.82, 2.24) is 4.90 Å². The van der Waals surface area contributed by atoms with Gasteiger partial charge in [-0.2, -0.15) is 8.42 Å². The predicted octanol–water partition coefficient (Wildman–Crippen LogP) is 4.15. The molecule has 2 aromatic carbocycles. The molecule has 176 valence electrons. The van der Waals surface area contributed by atoms with Crippen LogP contribution in [0.15, 0.2) is 75.3 Å². The summed E-state index contributed by atoms with van der Waals surface area (Å²) in [4.78, 5) is 18.9. The lowest BCUT2D eigenvalue weighted by atomic mass is 9.94. The molecule has 0 radical (unpaired) electrons. The Balaban J connectivity index is 1.33. The van der Waals surface area contributed by atoms with Crippen LogP contribution in [0.4, 0.5) is 5.69 Å². The van der Waals surface area contributed by atoms with Gasteiger partial charge in [-0.1, -0.05) is 18.2 Å². The zero-order valence-electron chi connectivity index (χ0n) is 18.8. The molecule has 9 heteroatoms. The molecule has 0 atom stereocenters. The second-order valence-corrected chi connectivity index (χ2v) is 11.0. The first-order chi connectivity index (χ1) is 16.5. The predicted molar refractivity (Wildman–Crippen MR) is 133 cm³/mol. The minimum Gasteiger partial charge on any atom is -0.497 e. The third kappa shape index (κ3) is 4.33. The van der Waals surface area contributed by atoms with Crippen molar-refractivity contribution in [2.24, 2.45) is 10.3 Å². The number of amides is 1. The number of ether oxygens (including phenoxy) is 1. The highest BCUT2D eigenvalue weighted by molar-refractivity contribution is 7.90. The molecule has 0 N–H and O–H groups in total. The van der Waals surface area contributed by atoms with Gasteiger partial charge < -0.3 is 14.5 Å². The summed E-state index contributed by atoms with van der Waals surface area (Å²) < 4.78 is 34.2. The van der Waals surface area contributed by atoms with Gasteiger partial charge in [0, 0.05) is 35.1 Å². The first kappa shape index (κ1) is 22.6. The molecule has 34 heavy (non-hydrogen) atoms. The molecule has 3 heterocycles. The number of methoxy groups -OCH3 is 1. The van der Waals surface area contributed by atoms with E-state index in [0.717, 1.165) is 16.3 Å². The number of carbonyl (C=O) groups is 1. The number of likely N-dealkylation sites (tertiary alicyclic amines) is 1. The Bertz CT molecular complexity index is 1310. The van der Waals surface area contributed by atoms with Crippen LogP contribution in [-0.4, -0.2) is 45.3 Å². The van der Waals surface area contributed by atoms with Gasteiger partial charge in [0.25, 0.3) is 10.0 Å². The Kier molecular flexibility index (Phi) is 6.14. The fourth-order valence-corrected chi connectivity index (χ4v) is 6.41. The van der Waals surface area contributed by atoms with Crippen LogP contribution in [0, 0.1) is 5.92 Å². The van der Waals surface area contributed by atoms with Gasteiger partial charge in [-0.05, 0) is 60.7 Å². The number of rotatable bonds is 5. The lowest BCUT2D eigenvalue weighted by Crippen LogP contribution is -2.44. The van der Waals surface area contributed by atoms with Crippen LogP contribution in [0.3, 0.4) is 0 Å². The van der Waals surface area contributed by atoms with Gasteiger partial charge in [0.15, 0.2) is 5.84 Å². The smallest absolute Gasteiger partial charge is 0.285 e. The zero-order chi connectivity index (χ0) is 23.7. The van der Waals surface area contributed by atoms with Crippen molar-refractivity contribution < 1.29 is 17.9 Å². The van der Waals surface area contributed by atoms with E-state index in [-0.39, 0.29) is 16.7 Å². The van der Waals surface area contributed by atoms with Gasteiger partial charge in [-0.25, -0.2) is 0 Å². The molecular weight excluding hydrogens is 470 g/mol. The van der Waals surface area contributed by atoms with Gasteiger partial charge in [-0.15, -0.1) is 15.7 Å². The van der Waals surface area contributed by atoms with Crippen LogP contribution < -0.4 is 9.64 Å². The highest BCUT2D eigenvalue weighted by atomic mass is 32.2. The largest absolute Gasteiger partial charge is 0.497 e. The third-order valence-corrected chi connectivity index (χ3v) is 8.49. The molecule has 7 nitrogen and oxygen atoms in total. The summed E-state index contributed by atoms with van der Waals surface area (Å²) >= 11 is 1.63.